The Labute approximate surface area is 134 Å². The van der Waals surface area contributed by atoms with Crippen molar-refractivity contribution >= 4 is 21.8 Å². The highest BCUT2D eigenvalue weighted by molar-refractivity contribution is 5.98. The maximum absolute atomic E-state index is 8.95. The predicted octanol–water partition coefficient (Wildman–Crippen LogP) is 4.31. The van der Waals surface area contributed by atoms with Crippen LogP contribution in [0.1, 0.15) is 12.2 Å². The minimum absolute atomic E-state index is 0.193. The number of imidazole rings is 1. The molecule has 3 heteroatoms. The molecule has 0 bridgehead atoms. The second kappa shape index (κ2) is 5.86. The predicted molar refractivity (Wildman–Crippen MR) is 94.4 cm³/mol. The fraction of sp³-hybridized carbons (Fsp3) is 0.150. The summed E-state index contributed by atoms with van der Waals surface area (Å²) in [7, 11) is 0. The first-order valence-corrected chi connectivity index (χ1v) is 7.93. The second-order valence-corrected chi connectivity index (χ2v) is 5.77. The number of aliphatic hydroxyl groups is 1. The summed E-state index contributed by atoms with van der Waals surface area (Å²) in [6.45, 7) is 0.193. The average molecular weight is 302 g/mol. The molecule has 2 N–H and O–H groups in total. The van der Waals surface area contributed by atoms with Crippen LogP contribution in [-0.4, -0.2) is 21.7 Å². The lowest BCUT2D eigenvalue weighted by atomic mass is 9.98. The summed E-state index contributed by atoms with van der Waals surface area (Å²) in [5, 5.41) is 11.5. The van der Waals surface area contributed by atoms with E-state index < -0.39 is 0 Å². The molecule has 0 saturated heterocycles. The number of aromatic nitrogens is 2. The number of fused-ring (bicyclic) bond motifs is 2. The molecule has 3 aromatic carbocycles. The van der Waals surface area contributed by atoms with Crippen LogP contribution in [0.5, 0.6) is 0 Å². The summed E-state index contributed by atoms with van der Waals surface area (Å²) < 4.78 is 0. The maximum atomic E-state index is 8.95. The number of nitrogens with one attached hydrogen (secondary N) is 1. The molecule has 0 radical (unpaired) electrons. The Morgan fingerprint density at radius 2 is 1.83 bits per heavy atom. The number of hydrogen-bond acceptors (Lipinski definition) is 2. The topological polar surface area (TPSA) is 48.9 Å². The quantitative estimate of drug-likeness (QED) is 0.590. The number of rotatable bonds is 4. The van der Waals surface area contributed by atoms with Gasteiger partial charge < -0.3 is 10.1 Å². The van der Waals surface area contributed by atoms with Crippen molar-refractivity contribution in [2.45, 2.75) is 12.8 Å². The molecule has 0 unspecified atom stereocenters. The fourth-order valence-electron chi connectivity index (χ4n) is 3.07. The van der Waals surface area contributed by atoms with Crippen LogP contribution in [0.3, 0.4) is 0 Å². The normalized spacial score (nSPS) is 11.3. The zero-order valence-electron chi connectivity index (χ0n) is 12.8. The van der Waals surface area contributed by atoms with Gasteiger partial charge in [-0.3, -0.25) is 0 Å². The molecule has 0 aliphatic heterocycles. The van der Waals surface area contributed by atoms with Gasteiger partial charge in [-0.2, -0.15) is 0 Å². The van der Waals surface area contributed by atoms with Gasteiger partial charge in [-0.05, 0) is 40.5 Å². The highest BCUT2D eigenvalue weighted by Crippen LogP contribution is 2.30. The van der Waals surface area contributed by atoms with Gasteiger partial charge in [-0.25, -0.2) is 4.98 Å². The average Bonchev–Trinajstić information content (AvgIpc) is 3.01. The van der Waals surface area contributed by atoms with E-state index >= 15 is 0 Å². The van der Waals surface area contributed by atoms with Crippen LogP contribution >= 0.6 is 0 Å². The van der Waals surface area contributed by atoms with E-state index in [1.54, 1.807) is 0 Å². The van der Waals surface area contributed by atoms with Crippen LogP contribution < -0.4 is 0 Å². The van der Waals surface area contributed by atoms with Crippen LogP contribution in [0.25, 0.3) is 32.9 Å². The van der Waals surface area contributed by atoms with E-state index in [4.69, 9.17) is 5.11 Å². The van der Waals surface area contributed by atoms with E-state index in [0.29, 0.717) is 0 Å². The molecular formula is C20H18N2O. The van der Waals surface area contributed by atoms with Gasteiger partial charge in [0, 0.05) is 13.0 Å². The van der Waals surface area contributed by atoms with E-state index in [0.717, 1.165) is 29.7 Å². The molecule has 0 amide bonds. The summed E-state index contributed by atoms with van der Waals surface area (Å²) >= 11 is 0. The Morgan fingerprint density at radius 3 is 2.74 bits per heavy atom. The molecule has 0 saturated carbocycles. The van der Waals surface area contributed by atoms with Crippen LogP contribution in [0.2, 0.25) is 0 Å². The van der Waals surface area contributed by atoms with Crippen LogP contribution in [-0.2, 0) is 6.42 Å². The molecule has 4 rings (SSSR count). The summed E-state index contributed by atoms with van der Waals surface area (Å²) in [4.78, 5) is 7.95. The number of aryl methyl sites for hydroxylation is 1. The van der Waals surface area contributed by atoms with Crippen molar-refractivity contribution in [2.75, 3.05) is 6.61 Å². The van der Waals surface area contributed by atoms with E-state index in [1.165, 1.54) is 21.9 Å². The van der Waals surface area contributed by atoms with E-state index in [2.05, 4.69) is 70.6 Å². The number of nitrogens with zero attached hydrogens (tertiary/aromatic N) is 1. The molecule has 4 aromatic rings. The highest BCUT2D eigenvalue weighted by Gasteiger charge is 2.07. The third-order valence-electron chi connectivity index (χ3n) is 4.20. The van der Waals surface area contributed by atoms with Crippen LogP contribution in [0.15, 0.2) is 60.7 Å². The largest absolute Gasteiger partial charge is 0.396 e. The first kappa shape index (κ1) is 14.0. The van der Waals surface area contributed by atoms with Crippen molar-refractivity contribution in [1.82, 2.24) is 9.97 Å². The minimum atomic E-state index is 0.193. The summed E-state index contributed by atoms with van der Waals surface area (Å²) in [6.07, 6.45) is 1.50. The van der Waals surface area contributed by atoms with Gasteiger partial charge in [0.05, 0.1) is 11.0 Å². The number of H-pyrrole nitrogens is 1. The Bertz CT molecular complexity index is 966. The zero-order chi connectivity index (χ0) is 15.6. The van der Waals surface area contributed by atoms with Crippen molar-refractivity contribution in [1.29, 1.82) is 0 Å². The van der Waals surface area contributed by atoms with Crippen molar-refractivity contribution in [3.05, 3.63) is 66.5 Å². The highest BCUT2D eigenvalue weighted by atomic mass is 16.2. The fourth-order valence-corrected chi connectivity index (χ4v) is 3.07. The van der Waals surface area contributed by atoms with Gasteiger partial charge in [0.1, 0.15) is 5.82 Å². The number of benzene rings is 3. The van der Waals surface area contributed by atoms with E-state index in [-0.39, 0.29) is 6.61 Å². The summed E-state index contributed by atoms with van der Waals surface area (Å²) in [6, 6.07) is 21.2. The van der Waals surface area contributed by atoms with E-state index in [9.17, 15) is 0 Å². The molecule has 0 aliphatic rings. The molecule has 0 atom stereocenters. The Balaban J connectivity index is 1.81. The van der Waals surface area contributed by atoms with Crippen molar-refractivity contribution in [2.24, 2.45) is 0 Å². The zero-order valence-corrected chi connectivity index (χ0v) is 12.8. The molecule has 3 nitrogen and oxygen atoms in total. The van der Waals surface area contributed by atoms with Gasteiger partial charge in [0.2, 0.25) is 0 Å². The number of hydrogen-bond donors (Lipinski definition) is 2. The molecule has 0 spiro atoms. The second-order valence-electron chi connectivity index (χ2n) is 5.77. The summed E-state index contributed by atoms with van der Waals surface area (Å²) in [5.41, 5.74) is 4.44. The molecule has 0 fully saturated rings. The smallest absolute Gasteiger partial charge is 0.107 e. The molecule has 1 aromatic heterocycles. The van der Waals surface area contributed by atoms with Crippen LogP contribution in [0, 0.1) is 0 Å². The van der Waals surface area contributed by atoms with Crippen molar-refractivity contribution < 1.29 is 5.11 Å². The Hall–Kier alpha value is -2.65. The summed E-state index contributed by atoms with van der Waals surface area (Å²) in [5.74, 6) is 0.934. The van der Waals surface area contributed by atoms with Crippen LogP contribution in [0.4, 0.5) is 0 Å². The number of aliphatic hydroxyl groups excluding tert-OH is 1. The SMILES string of the molecule is OCCCc1nc2ccc(-c3cccc4ccccc34)cc2[nH]1. The first-order valence-electron chi connectivity index (χ1n) is 7.93. The molecule has 114 valence electrons. The van der Waals surface area contributed by atoms with Gasteiger partial charge in [-0.1, -0.05) is 48.5 Å². The van der Waals surface area contributed by atoms with Gasteiger partial charge in [0.25, 0.3) is 0 Å². The van der Waals surface area contributed by atoms with Gasteiger partial charge in [-0.15, -0.1) is 0 Å². The Kier molecular flexibility index (Phi) is 3.56. The van der Waals surface area contributed by atoms with E-state index in [1.807, 2.05) is 0 Å². The molecule has 0 aliphatic carbocycles. The lowest BCUT2D eigenvalue weighted by Gasteiger charge is -2.06. The van der Waals surface area contributed by atoms with Gasteiger partial charge >= 0.3 is 0 Å². The number of aromatic amines is 1. The van der Waals surface area contributed by atoms with Gasteiger partial charge in [0.15, 0.2) is 0 Å². The first-order chi connectivity index (χ1) is 11.3. The lowest BCUT2D eigenvalue weighted by molar-refractivity contribution is 0.287. The standard InChI is InChI=1S/C20H18N2O/c23-12-4-9-20-21-18-11-10-15(13-19(18)22-20)17-8-3-6-14-5-1-2-7-16(14)17/h1-3,5-8,10-11,13,23H,4,9,12H2,(H,21,22). The Morgan fingerprint density at radius 1 is 0.957 bits per heavy atom. The molecule has 23 heavy (non-hydrogen) atoms. The monoisotopic (exact) mass is 302 g/mol. The lowest BCUT2D eigenvalue weighted by Crippen LogP contribution is -1.90. The third kappa shape index (κ3) is 2.60. The van der Waals surface area contributed by atoms with Crippen molar-refractivity contribution in [3.63, 3.8) is 0 Å². The molecular weight excluding hydrogens is 284 g/mol. The minimum Gasteiger partial charge on any atom is -0.396 e. The molecule has 1 heterocycles. The maximum Gasteiger partial charge on any atom is 0.107 e. The van der Waals surface area contributed by atoms with Crippen molar-refractivity contribution in [3.8, 4) is 11.1 Å². The third-order valence-corrected chi connectivity index (χ3v) is 4.20.